The molecular weight excluding hydrogens is 300 g/mol. The number of hydrogen-bond acceptors (Lipinski definition) is 1. The van der Waals surface area contributed by atoms with E-state index < -0.39 is 16.1 Å². The zero-order chi connectivity index (χ0) is 16.5. The number of benzene rings is 1. The van der Waals surface area contributed by atoms with Gasteiger partial charge in [0.2, 0.25) is 0 Å². The molecule has 1 aliphatic heterocycles. The first-order chi connectivity index (χ1) is 10.1. The largest absolute Gasteiger partial charge is 0.375 e. The Kier molecular flexibility index (Phi) is 5.40. The van der Waals surface area contributed by atoms with Gasteiger partial charge in [-0.1, -0.05) is 69.6 Å². The lowest BCUT2D eigenvalue weighted by Gasteiger charge is -2.39. The molecule has 124 valence electrons. The van der Waals surface area contributed by atoms with Gasteiger partial charge in [0.1, 0.15) is 0 Å². The van der Waals surface area contributed by atoms with E-state index in [0.29, 0.717) is 12.2 Å². The third-order valence-corrected chi connectivity index (χ3v) is 11.1. The highest BCUT2D eigenvalue weighted by Crippen LogP contribution is 2.53. The normalized spacial score (nSPS) is 29.8. The summed E-state index contributed by atoms with van der Waals surface area (Å²) in [6, 6.07) is 10.9. The summed E-state index contributed by atoms with van der Waals surface area (Å²) in [5, 5.41) is 0. The quantitative estimate of drug-likeness (QED) is 0.616. The van der Waals surface area contributed by atoms with Crippen molar-refractivity contribution in [3.8, 4) is 0 Å². The highest BCUT2D eigenvalue weighted by atomic mass is 28.3. The summed E-state index contributed by atoms with van der Waals surface area (Å²) < 4.78 is 6.53. The highest BCUT2D eigenvalue weighted by molar-refractivity contribution is 6.83. The van der Waals surface area contributed by atoms with Crippen molar-refractivity contribution in [1.29, 1.82) is 0 Å². The van der Waals surface area contributed by atoms with Gasteiger partial charge >= 0.3 is 0 Å². The van der Waals surface area contributed by atoms with Crippen LogP contribution in [0, 0.1) is 0 Å². The van der Waals surface area contributed by atoms with Crippen molar-refractivity contribution in [1.82, 2.24) is 0 Å². The minimum atomic E-state index is -1.23. The zero-order valence-corrected chi connectivity index (χ0v) is 17.5. The van der Waals surface area contributed by atoms with Crippen LogP contribution in [0.2, 0.25) is 50.4 Å². The number of rotatable bonds is 5. The van der Waals surface area contributed by atoms with Crippen LogP contribution in [0.3, 0.4) is 0 Å². The molecule has 0 amide bonds. The average Bonchev–Trinajstić information content (AvgIpc) is 2.74. The maximum absolute atomic E-state index is 6.53. The summed E-state index contributed by atoms with van der Waals surface area (Å²) in [5.41, 5.74) is 3.09. The Morgan fingerprint density at radius 1 is 0.864 bits per heavy atom. The maximum atomic E-state index is 6.53. The van der Waals surface area contributed by atoms with Crippen LogP contribution in [0.1, 0.15) is 18.9 Å². The molecule has 4 atom stereocenters. The molecule has 3 heteroatoms. The molecule has 0 unspecified atom stereocenters. The van der Waals surface area contributed by atoms with Gasteiger partial charge in [-0.3, -0.25) is 0 Å². The van der Waals surface area contributed by atoms with Crippen molar-refractivity contribution in [2.45, 2.75) is 82.3 Å². The second-order valence-electron chi connectivity index (χ2n) is 9.19. The van der Waals surface area contributed by atoms with E-state index in [0.717, 1.165) is 17.5 Å². The van der Waals surface area contributed by atoms with Crippen molar-refractivity contribution in [3.63, 3.8) is 0 Å². The van der Waals surface area contributed by atoms with Crippen molar-refractivity contribution in [2.75, 3.05) is 0 Å². The molecule has 1 saturated heterocycles. The summed E-state index contributed by atoms with van der Waals surface area (Å²) in [4.78, 5) is 0. The molecular formula is C19H34OSi2. The maximum Gasteiger partial charge on any atom is 0.0587 e. The Morgan fingerprint density at radius 2 is 1.41 bits per heavy atom. The van der Waals surface area contributed by atoms with E-state index in [-0.39, 0.29) is 0 Å². The van der Waals surface area contributed by atoms with Crippen molar-refractivity contribution in [3.05, 3.63) is 35.9 Å². The van der Waals surface area contributed by atoms with E-state index in [9.17, 15) is 0 Å². The molecule has 0 N–H and O–H groups in total. The third-order valence-electron chi connectivity index (χ3n) is 5.24. The molecule has 0 bridgehead atoms. The second kappa shape index (κ2) is 6.62. The van der Waals surface area contributed by atoms with Crippen molar-refractivity contribution >= 4 is 16.1 Å². The van der Waals surface area contributed by atoms with Crippen LogP contribution < -0.4 is 0 Å². The van der Waals surface area contributed by atoms with Crippen molar-refractivity contribution < 1.29 is 4.74 Å². The van der Waals surface area contributed by atoms with Gasteiger partial charge in [-0.2, -0.15) is 0 Å². The van der Waals surface area contributed by atoms with Gasteiger partial charge in [-0.05, 0) is 36.4 Å². The summed E-state index contributed by atoms with van der Waals surface area (Å²) in [5.74, 6) is 0. The number of ether oxygens (including phenoxy) is 1. The van der Waals surface area contributed by atoms with E-state index in [1.54, 1.807) is 0 Å². The topological polar surface area (TPSA) is 9.23 Å². The fraction of sp³-hybridized carbons (Fsp3) is 0.684. The molecule has 1 nitrogen and oxygen atoms in total. The molecule has 2 rings (SSSR count). The van der Waals surface area contributed by atoms with Crippen LogP contribution in [-0.4, -0.2) is 28.4 Å². The van der Waals surface area contributed by atoms with Crippen molar-refractivity contribution in [2.24, 2.45) is 0 Å². The van der Waals surface area contributed by atoms with Gasteiger partial charge in [0.25, 0.3) is 0 Å². The van der Waals surface area contributed by atoms with E-state index in [4.69, 9.17) is 4.74 Å². The average molecular weight is 335 g/mol. The fourth-order valence-electron chi connectivity index (χ4n) is 4.51. The summed E-state index contributed by atoms with van der Waals surface area (Å²) in [6.45, 7) is 17.6. The highest BCUT2D eigenvalue weighted by Gasteiger charge is 2.52. The molecule has 0 aliphatic carbocycles. The summed E-state index contributed by atoms with van der Waals surface area (Å²) >= 11 is 0. The van der Waals surface area contributed by atoms with Crippen LogP contribution in [0.4, 0.5) is 0 Å². The van der Waals surface area contributed by atoms with E-state index >= 15 is 0 Å². The Bertz CT molecular complexity index is 472. The van der Waals surface area contributed by atoms with E-state index in [2.05, 4.69) is 76.5 Å². The molecule has 0 saturated carbocycles. The molecule has 1 aromatic rings. The molecule has 1 fully saturated rings. The van der Waals surface area contributed by atoms with E-state index in [1.807, 2.05) is 0 Å². The molecule has 1 aromatic carbocycles. The van der Waals surface area contributed by atoms with Crippen LogP contribution in [-0.2, 0) is 11.2 Å². The number of hydrogen-bond donors (Lipinski definition) is 0. The Hall–Kier alpha value is -0.386. The van der Waals surface area contributed by atoms with Crippen LogP contribution in [0.15, 0.2) is 30.3 Å². The lowest BCUT2D eigenvalue weighted by atomic mass is 10.0. The molecule has 22 heavy (non-hydrogen) atoms. The van der Waals surface area contributed by atoms with Gasteiger partial charge in [-0.25, -0.2) is 0 Å². The smallest absolute Gasteiger partial charge is 0.0587 e. The third kappa shape index (κ3) is 4.12. The minimum Gasteiger partial charge on any atom is -0.375 e. The second-order valence-corrected chi connectivity index (χ2v) is 20.0. The predicted molar refractivity (Wildman–Crippen MR) is 103 cm³/mol. The van der Waals surface area contributed by atoms with Gasteiger partial charge in [0.15, 0.2) is 0 Å². The summed E-state index contributed by atoms with van der Waals surface area (Å²) in [7, 11) is -2.43. The standard InChI is InChI=1S/C19H34OSi2/c1-15-18(21(2,3)4)19(22(5,6)7)17(20-15)14-13-16-11-9-8-10-12-16/h8-12,15,17-19H,13-14H2,1-7H3/t15-,17+,18-,19-/m0/s1. The first kappa shape index (κ1) is 18.0. The van der Waals surface area contributed by atoms with Gasteiger partial charge in [0, 0.05) is 0 Å². The van der Waals surface area contributed by atoms with Crippen LogP contribution >= 0.6 is 0 Å². The predicted octanol–water partition coefficient (Wildman–Crippen LogP) is 5.82. The summed E-state index contributed by atoms with van der Waals surface area (Å²) in [6.07, 6.45) is 3.25. The lowest BCUT2D eigenvalue weighted by Crippen LogP contribution is -2.43. The SMILES string of the molecule is C[C@@H]1O[C@H](CCc2ccccc2)[C@H]([Si](C)(C)C)[C@H]1[Si](C)(C)C. The molecule has 0 aromatic heterocycles. The molecule has 0 spiro atoms. The van der Waals surface area contributed by atoms with Gasteiger partial charge < -0.3 is 4.74 Å². The zero-order valence-electron chi connectivity index (χ0n) is 15.5. The van der Waals surface area contributed by atoms with Gasteiger partial charge in [-0.15, -0.1) is 0 Å². The van der Waals surface area contributed by atoms with Crippen LogP contribution in [0.25, 0.3) is 0 Å². The Morgan fingerprint density at radius 3 is 1.91 bits per heavy atom. The Labute approximate surface area is 139 Å². The Balaban J connectivity index is 2.16. The van der Waals surface area contributed by atoms with Crippen LogP contribution in [0.5, 0.6) is 0 Å². The monoisotopic (exact) mass is 334 g/mol. The number of aryl methyl sites for hydroxylation is 1. The molecule has 0 radical (unpaired) electrons. The minimum absolute atomic E-state index is 0.448. The first-order valence-corrected chi connectivity index (χ1v) is 16.0. The molecule has 1 heterocycles. The first-order valence-electron chi connectivity index (χ1n) is 8.80. The lowest BCUT2D eigenvalue weighted by molar-refractivity contribution is 0.0505. The fourth-order valence-corrected chi connectivity index (χ4v) is 13.0. The molecule has 1 aliphatic rings. The van der Waals surface area contributed by atoms with Gasteiger partial charge in [0.05, 0.1) is 28.4 Å². The van der Waals surface area contributed by atoms with E-state index in [1.165, 1.54) is 12.0 Å².